The summed E-state index contributed by atoms with van der Waals surface area (Å²) in [5, 5.41) is 0. The summed E-state index contributed by atoms with van der Waals surface area (Å²) >= 11 is 0. The summed E-state index contributed by atoms with van der Waals surface area (Å²) in [4.78, 5) is 0. The minimum atomic E-state index is 0.505. The Morgan fingerprint density at radius 3 is 1.89 bits per heavy atom. The van der Waals surface area contributed by atoms with E-state index in [4.69, 9.17) is 4.74 Å². The maximum absolute atomic E-state index is 5.87. The lowest BCUT2D eigenvalue weighted by Crippen LogP contribution is -2.21. The van der Waals surface area contributed by atoms with Gasteiger partial charge in [-0.2, -0.15) is 0 Å². The van der Waals surface area contributed by atoms with E-state index < -0.39 is 0 Å². The standard InChI is InChI=1S/C27H44O/c1-3-5-6-9-12-24-15-17-25(18-16-24)13-10-7-8-11-14-26-19-21-27(22-20-26)28-23-4-2/h10-11,13-14,24-27H,3-6,9,12,15-23H2,1-2H3/b13-10+,14-11+/t24-,25-,26-,27-. The van der Waals surface area contributed by atoms with Crippen LogP contribution in [-0.2, 0) is 4.74 Å². The smallest absolute Gasteiger partial charge is 0.0575 e. The number of unbranched alkanes of at least 4 members (excludes halogenated alkanes) is 3. The summed E-state index contributed by atoms with van der Waals surface area (Å²) in [5.74, 6) is 8.91. The Labute approximate surface area is 175 Å². The third kappa shape index (κ3) is 9.97. The predicted molar refractivity (Wildman–Crippen MR) is 122 cm³/mol. The maximum atomic E-state index is 5.87. The van der Waals surface area contributed by atoms with E-state index in [1.807, 2.05) is 0 Å². The molecule has 158 valence electrons. The molecule has 0 heterocycles. The fourth-order valence-electron chi connectivity index (χ4n) is 4.73. The van der Waals surface area contributed by atoms with Gasteiger partial charge in [-0.15, -0.1) is 0 Å². The Bertz CT molecular complexity index is 490. The maximum Gasteiger partial charge on any atom is 0.0575 e. The molecule has 0 spiro atoms. The molecule has 0 amide bonds. The predicted octanol–water partition coefficient (Wildman–Crippen LogP) is 7.86. The molecule has 1 nitrogen and oxygen atoms in total. The van der Waals surface area contributed by atoms with E-state index in [2.05, 4.69) is 50.0 Å². The minimum Gasteiger partial charge on any atom is -0.378 e. The van der Waals surface area contributed by atoms with Gasteiger partial charge in [-0.25, -0.2) is 0 Å². The summed E-state index contributed by atoms with van der Waals surface area (Å²) in [5.41, 5.74) is 0. The Morgan fingerprint density at radius 1 is 0.714 bits per heavy atom. The van der Waals surface area contributed by atoms with Crippen molar-refractivity contribution in [3.05, 3.63) is 24.3 Å². The minimum absolute atomic E-state index is 0.505. The first kappa shape index (κ1) is 23.3. The summed E-state index contributed by atoms with van der Waals surface area (Å²) < 4.78 is 5.87. The number of hydrogen-bond acceptors (Lipinski definition) is 1. The molecule has 0 N–H and O–H groups in total. The van der Waals surface area contributed by atoms with Crippen LogP contribution in [-0.4, -0.2) is 12.7 Å². The summed E-state index contributed by atoms with van der Waals surface area (Å²) in [6.45, 7) is 5.40. The number of rotatable bonds is 10. The van der Waals surface area contributed by atoms with Crippen LogP contribution in [0.1, 0.15) is 104 Å². The first-order valence-corrected chi connectivity index (χ1v) is 12.3. The van der Waals surface area contributed by atoms with E-state index in [-0.39, 0.29) is 0 Å². The van der Waals surface area contributed by atoms with E-state index in [9.17, 15) is 0 Å². The number of allylic oxidation sites excluding steroid dienone is 4. The second-order valence-corrected chi connectivity index (χ2v) is 9.04. The second kappa shape index (κ2) is 14.9. The molecule has 0 saturated heterocycles. The third-order valence-electron chi connectivity index (χ3n) is 6.62. The average Bonchev–Trinajstić information content (AvgIpc) is 2.74. The fraction of sp³-hybridized carbons (Fsp3) is 0.778. The van der Waals surface area contributed by atoms with E-state index in [0.717, 1.165) is 24.9 Å². The average molecular weight is 385 g/mol. The first-order valence-electron chi connectivity index (χ1n) is 12.3. The Morgan fingerprint density at radius 2 is 1.32 bits per heavy atom. The van der Waals surface area contributed by atoms with Crippen molar-refractivity contribution < 1.29 is 4.74 Å². The molecule has 0 unspecified atom stereocenters. The third-order valence-corrected chi connectivity index (χ3v) is 6.62. The van der Waals surface area contributed by atoms with E-state index >= 15 is 0 Å². The van der Waals surface area contributed by atoms with Gasteiger partial charge < -0.3 is 4.74 Å². The molecule has 2 aliphatic rings. The molecule has 0 aromatic rings. The van der Waals surface area contributed by atoms with Gasteiger partial charge in [0.15, 0.2) is 0 Å². The van der Waals surface area contributed by atoms with E-state index in [1.165, 1.54) is 83.5 Å². The highest BCUT2D eigenvalue weighted by molar-refractivity contribution is 5.24. The quantitative estimate of drug-likeness (QED) is 0.275. The Kier molecular flexibility index (Phi) is 12.4. The van der Waals surface area contributed by atoms with E-state index in [1.54, 1.807) is 0 Å². The number of hydrogen-bond donors (Lipinski definition) is 0. The summed E-state index contributed by atoms with van der Waals surface area (Å²) in [7, 11) is 0. The highest BCUT2D eigenvalue weighted by Gasteiger charge is 2.20. The zero-order valence-electron chi connectivity index (χ0n) is 18.6. The van der Waals surface area contributed by atoms with Crippen molar-refractivity contribution in [2.75, 3.05) is 6.61 Å². The normalized spacial score (nSPS) is 28.5. The molecule has 2 aliphatic carbocycles. The van der Waals surface area contributed by atoms with E-state index in [0.29, 0.717) is 12.0 Å². The molecule has 0 aromatic carbocycles. The van der Waals surface area contributed by atoms with Crippen LogP contribution in [0, 0.1) is 29.6 Å². The lowest BCUT2D eigenvalue weighted by Gasteiger charge is -2.26. The van der Waals surface area contributed by atoms with Crippen LogP contribution in [0.3, 0.4) is 0 Å². The summed E-state index contributed by atoms with van der Waals surface area (Å²) in [6, 6.07) is 0. The van der Waals surface area contributed by atoms with Gasteiger partial charge in [0.05, 0.1) is 6.10 Å². The lowest BCUT2D eigenvalue weighted by molar-refractivity contribution is 0.0227. The molecule has 0 bridgehead atoms. The fourth-order valence-corrected chi connectivity index (χ4v) is 4.73. The molecular weight excluding hydrogens is 340 g/mol. The van der Waals surface area contributed by atoms with Gasteiger partial charge in [-0.3, -0.25) is 0 Å². The van der Waals surface area contributed by atoms with Crippen molar-refractivity contribution in [1.29, 1.82) is 0 Å². The van der Waals surface area contributed by atoms with Gasteiger partial charge in [0, 0.05) is 6.61 Å². The van der Waals surface area contributed by atoms with Crippen molar-refractivity contribution in [2.45, 2.75) is 110 Å². The molecule has 2 rings (SSSR count). The molecule has 0 aromatic heterocycles. The lowest BCUT2D eigenvalue weighted by atomic mass is 9.79. The van der Waals surface area contributed by atoms with Gasteiger partial charge in [-0.05, 0) is 87.7 Å². The van der Waals surface area contributed by atoms with Crippen LogP contribution >= 0.6 is 0 Å². The van der Waals surface area contributed by atoms with Crippen LogP contribution in [0.2, 0.25) is 0 Å². The SMILES string of the molecule is CCCCCC[C@H]1CC[C@H](/C=C/C#C/C=C/[C@H]2CC[C@H](OCCC)CC2)CC1. The molecule has 0 radical (unpaired) electrons. The van der Waals surface area contributed by atoms with Gasteiger partial charge in [0.25, 0.3) is 0 Å². The molecule has 0 aliphatic heterocycles. The zero-order chi connectivity index (χ0) is 19.9. The largest absolute Gasteiger partial charge is 0.378 e. The van der Waals surface area contributed by atoms with Gasteiger partial charge >= 0.3 is 0 Å². The van der Waals surface area contributed by atoms with Crippen LogP contribution in [0.4, 0.5) is 0 Å². The van der Waals surface area contributed by atoms with Crippen molar-refractivity contribution >= 4 is 0 Å². The Hall–Kier alpha value is -1.00. The molecule has 1 heteroatoms. The first-order chi connectivity index (χ1) is 13.8. The highest BCUT2D eigenvalue weighted by Crippen LogP contribution is 2.32. The van der Waals surface area contributed by atoms with Crippen molar-refractivity contribution in [3.8, 4) is 11.8 Å². The molecule has 2 fully saturated rings. The summed E-state index contributed by atoms with van der Waals surface area (Å²) in [6.07, 6.45) is 28.2. The van der Waals surface area contributed by atoms with Gasteiger partial charge in [-0.1, -0.05) is 69.9 Å². The molecule has 0 atom stereocenters. The van der Waals surface area contributed by atoms with Gasteiger partial charge in [0.2, 0.25) is 0 Å². The van der Waals surface area contributed by atoms with Crippen LogP contribution in [0.5, 0.6) is 0 Å². The molecule has 2 saturated carbocycles. The van der Waals surface area contributed by atoms with Crippen LogP contribution in [0.25, 0.3) is 0 Å². The number of ether oxygens (including phenoxy) is 1. The van der Waals surface area contributed by atoms with Crippen LogP contribution in [0.15, 0.2) is 24.3 Å². The zero-order valence-corrected chi connectivity index (χ0v) is 18.6. The highest BCUT2D eigenvalue weighted by atomic mass is 16.5. The monoisotopic (exact) mass is 384 g/mol. The van der Waals surface area contributed by atoms with Crippen LogP contribution < -0.4 is 0 Å². The topological polar surface area (TPSA) is 9.23 Å². The van der Waals surface area contributed by atoms with Gasteiger partial charge in [0.1, 0.15) is 0 Å². The molecular formula is C27H44O. The van der Waals surface area contributed by atoms with Crippen molar-refractivity contribution in [2.24, 2.45) is 17.8 Å². The Balaban J connectivity index is 1.55. The van der Waals surface area contributed by atoms with Crippen molar-refractivity contribution in [1.82, 2.24) is 0 Å². The molecule has 28 heavy (non-hydrogen) atoms. The second-order valence-electron chi connectivity index (χ2n) is 9.04. The van der Waals surface area contributed by atoms with Crippen molar-refractivity contribution in [3.63, 3.8) is 0 Å².